The molecular formula is C27H30ClFN4O6S. The van der Waals surface area contributed by atoms with Crippen molar-refractivity contribution in [3.63, 3.8) is 0 Å². The van der Waals surface area contributed by atoms with Crippen LogP contribution in [0.3, 0.4) is 0 Å². The maximum absolute atomic E-state index is 13.9. The third-order valence-electron chi connectivity index (χ3n) is 6.48. The molecule has 3 unspecified atom stereocenters. The lowest BCUT2D eigenvalue weighted by atomic mass is 9.83. The van der Waals surface area contributed by atoms with Crippen LogP contribution in [-0.2, 0) is 23.8 Å². The Morgan fingerprint density at radius 1 is 1.20 bits per heavy atom. The van der Waals surface area contributed by atoms with E-state index < -0.39 is 47.5 Å². The van der Waals surface area contributed by atoms with Crippen LogP contribution in [0, 0.1) is 11.7 Å². The van der Waals surface area contributed by atoms with E-state index in [-0.39, 0.29) is 23.6 Å². The zero-order valence-electron chi connectivity index (χ0n) is 22.7. The van der Waals surface area contributed by atoms with E-state index in [0.29, 0.717) is 28.5 Å². The molecule has 40 heavy (non-hydrogen) atoms. The van der Waals surface area contributed by atoms with E-state index in [2.05, 4.69) is 10.3 Å². The summed E-state index contributed by atoms with van der Waals surface area (Å²) in [5.41, 5.74) is 0.249. The molecule has 4 rings (SSSR count). The molecule has 1 aromatic carbocycles. The number of hydrogen-bond donors (Lipinski definition) is 1. The average Bonchev–Trinajstić information content (AvgIpc) is 3.45. The second-order valence-electron chi connectivity index (χ2n) is 10.3. The van der Waals surface area contributed by atoms with Gasteiger partial charge in [-0.3, -0.25) is 9.89 Å². The monoisotopic (exact) mass is 592 g/mol. The van der Waals surface area contributed by atoms with Gasteiger partial charge in [0, 0.05) is 40.3 Å². The minimum atomic E-state index is -0.971. The highest BCUT2D eigenvalue weighted by molar-refractivity contribution is 7.11. The van der Waals surface area contributed by atoms with Gasteiger partial charge in [0.25, 0.3) is 0 Å². The Balaban J connectivity index is 1.80. The summed E-state index contributed by atoms with van der Waals surface area (Å²) >= 11 is 7.77. The lowest BCUT2D eigenvalue weighted by Gasteiger charge is -2.40. The number of nitrogens with one attached hydrogen (secondary N) is 1. The first-order valence-corrected chi connectivity index (χ1v) is 13.8. The van der Waals surface area contributed by atoms with Crippen LogP contribution >= 0.6 is 22.9 Å². The number of halogens is 2. The van der Waals surface area contributed by atoms with Gasteiger partial charge in [0.1, 0.15) is 23.5 Å². The van der Waals surface area contributed by atoms with Gasteiger partial charge in [0.15, 0.2) is 10.8 Å². The van der Waals surface area contributed by atoms with E-state index in [4.69, 9.17) is 30.8 Å². The molecule has 2 aromatic rings. The normalized spacial score (nSPS) is 21.3. The summed E-state index contributed by atoms with van der Waals surface area (Å²) in [5, 5.41) is 5.68. The van der Waals surface area contributed by atoms with Gasteiger partial charge in [0.05, 0.1) is 19.8 Å². The number of allylic oxidation sites excluding steroid dienone is 1. The summed E-state index contributed by atoms with van der Waals surface area (Å²) in [6, 6.07) is 1.94. The number of likely N-dealkylation sites (tertiary alicyclic amines) is 1. The van der Waals surface area contributed by atoms with Gasteiger partial charge in [-0.25, -0.2) is 23.8 Å². The number of ether oxygens (including phenoxy) is 3. The zero-order valence-corrected chi connectivity index (χ0v) is 24.3. The van der Waals surface area contributed by atoms with Crippen molar-refractivity contribution in [3.8, 4) is 0 Å². The van der Waals surface area contributed by atoms with Crippen molar-refractivity contribution in [2.24, 2.45) is 10.9 Å². The summed E-state index contributed by atoms with van der Waals surface area (Å²) < 4.78 is 29.6. The van der Waals surface area contributed by atoms with Crippen molar-refractivity contribution < 1.29 is 33.0 Å². The molecule has 1 fully saturated rings. The highest BCUT2D eigenvalue weighted by atomic mass is 35.5. The first-order chi connectivity index (χ1) is 18.9. The highest BCUT2D eigenvalue weighted by Crippen LogP contribution is 2.41. The Hall–Kier alpha value is -3.51. The van der Waals surface area contributed by atoms with Gasteiger partial charge < -0.3 is 19.5 Å². The molecule has 2 aliphatic heterocycles. The van der Waals surface area contributed by atoms with E-state index in [1.807, 2.05) is 0 Å². The maximum atomic E-state index is 13.9. The number of benzene rings is 1. The van der Waals surface area contributed by atoms with Crippen molar-refractivity contribution in [1.29, 1.82) is 0 Å². The third-order valence-corrected chi connectivity index (χ3v) is 7.59. The Bertz CT molecular complexity index is 1360. The van der Waals surface area contributed by atoms with Gasteiger partial charge in [-0.2, -0.15) is 0 Å². The van der Waals surface area contributed by atoms with Gasteiger partial charge >= 0.3 is 18.0 Å². The number of piperidine rings is 1. The summed E-state index contributed by atoms with van der Waals surface area (Å²) in [5.74, 6) is -1.86. The highest BCUT2D eigenvalue weighted by Gasteiger charge is 2.43. The largest absolute Gasteiger partial charge is 0.467 e. The maximum Gasteiger partial charge on any atom is 0.411 e. The molecule has 214 valence electrons. The van der Waals surface area contributed by atoms with Crippen LogP contribution in [0.15, 0.2) is 46.0 Å². The van der Waals surface area contributed by atoms with E-state index >= 15 is 0 Å². The quantitative estimate of drug-likeness (QED) is 0.394. The van der Waals surface area contributed by atoms with Crippen LogP contribution in [-0.4, -0.2) is 66.2 Å². The van der Waals surface area contributed by atoms with Gasteiger partial charge in [-0.15, -0.1) is 11.3 Å². The van der Waals surface area contributed by atoms with Crippen molar-refractivity contribution in [3.05, 3.63) is 62.5 Å². The molecular weight excluding hydrogens is 563 g/mol. The number of aliphatic imine (C=N–C) groups is 1. The fourth-order valence-corrected chi connectivity index (χ4v) is 5.60. The van der Waals surface area contributed by atoms with Crippen LogP contribution in [0.1, 0.15) is 50.2 Å². The SMILES string of the molecule is COC(=O)C1=C(C2CCN(C(=O)OC(C)(C)C)C(C(=O)OC)C2)NC(c2nccs2)=NC1c1ccc(F)cc1Cl. The molecule has 0 saturated carbocycles. The first-order valence-electron chi connectivity index (χ1n) is 12.5. The molecule has 0 spiro atoms. The van der Waals surface area contributed by atoms with Crippen LogP contribution in [0.2, 0.25) is 5.02 Å². The summed E-state index contributed by atoms with van der Waals surface area (Å²) in [6.45, 7) is 5.38. The molecule has 0 aliphatic carbocycles. The number of thiazole rings is 1. The van der Waals surface area contributed by atoms with Crippen LogP contribution in [0.25, 0.3) is 0 Å². The summed E-state index contributed by atoms with van der Waals surface area (Å²) in [6.07, 6.45) is 1.49. The number of amides is 1. The lowest BCUT2D eigenvalue weighted by Crippen LogP contribution is -2.53. The van der Waals surface area contributed by atoms with E-state index in [0.717, 1.165) is 6.07 Å². The Morgan fingerprint density at radius 2 is 1.95 bits per heavy atom. The zero-order chi connectivity index (χ0) is 29.2. The van der Waals surface area contributed by atoms with Gasteiger partial charge in [0.2, 0.25) is 0 Å². The fourth-order valence-electron chi connectivity index (χ4n) is 4.75. The van der Waals surface area contributed by atoms with E-state index in [1.54, 1.807) is 32.3 Å². The third kappa shape index (κ3) is 6.28. The van der Waals surface area contributed by atoms with Crippen molar-refractivity contribution in [1.82, 2.24) is 15.2 Å². The molecule has 1 aromatic heterocycles. The number of aromatic nitrogens is 1. The van der Waals surface area contributed by atoms with Gasteiger partial charge in [-0.1, -0.05) is 17.7 Å². The number of rotatable bonds is 5. The molecule has 0 bridgehead atoms. The van der Waals surface area contributed by atoms with Crippen LogP contribution < -0.4 is 5.32 Å². The number of methoxy groups -OCH3 is 2. The summed E-state index contributed by atoms with van der Waals surface area (Å²) in [4.78, 5) is 49.6. The molecule has 2 aliphatic rings. The number of carbonyl (C=O) groups is 3. The molecule has 0 radical (unpaired) electrons. The minimum absolute atomic E-state index is 0.0853. The molecule has 3 atom stereocenters. The lowest BCUT2D eigenvalue weighted by molar-refractivity contribution is -0.148. The number of esters is 2. The Labute approximate surface area is 240 Å². The van der Waals surface area contributed by atoms with Crippen LogP contribution in [0.4, 0.5) is 9.18 Å². The topological polar surface area (TPSA) is 119 Å². The van der Waals surface area contributed by atoms with Crippen molar-refractivity contribution in [2.45, 2.75) is 51.3 Å². The van der Waals surface area contributed by atoms with E-state index in [1.165, 1.54) is 42.6 Å². The second kappa shape index (κ2) is 11.9. The Morgan fingerprint density at radius 3 is 2.55 bits per heavy atom. The minimum Gasteiger partial charge on any atom is -0.467 e. The smallest absolute Gasteiger partial charge is 0.411 e. The molecule has 13 heteroatoms. The fraction of sp³-hybridized carbons (Fsp3) is 0.444. The second-order valence-corrected chi connectivity index (χ2v) is 11.6. The van der Waals surface area contributed by atoms with Crippen LogP contribution in [0.5, 0.6) is 0 Å². The van der Waals surface area contributed by atoms with E-state index in [9.17, 15) is 18.8 Å². The van der Waals surface area contributed by atoms with Gasteiger partial charge in [-0.05, 0) is 45.7 Å². The van der Waals surface area contributed by atoms with Crippen molar-refractivity contribution >= 4 is 46.8 Å². The standard InChI is InChI=1S/C27H30ClFN4O6S/c1-27(2,3)39-26(36)33-10-8-14(12-18(33)24(34)37-4)20-19(25(35)38-5)21(16-7-6-15(29)13-17(16)28)32-22(31-20)23-30-9-11-40-23/h6-7,9,11,13-14,18,21H,8,10,12H2,1-5H3,(H,31,32). The molecule has 3 heterocycles. The van der Waals surface area contributed by atoms with Crippen molar-refractivity contribution in [2.75, 3.05) is 20.8 Å². The average molecular weight is 593 g/mol. The number of hydrogen-bond acceptors (Lipinski definition) is 10. The molecule has 10 nitrogen and oxygen atoms in total. The molecule has 1 saturated heterocycles. The Kier molecular flexibility index (Phi) is 8.79. The first kappa shape index (κ1) is 29.5. The molecule has 1 N–H and O–H groups in total. The summed E-state index contributed by atoms with van der Waals surface area (Å²) in [7, 11) is 2.50. The predicted octanol–water partition coefficient (Wildman–Crippen LogP) is 4.64. The molecule has 1 amide bonds. The number of carbonyl (C=O) groups excluding carboxylic acids is 3. The number of amidine groups is 1. The predicted molar refractivity (Wildman–Crippen MR) is 146 cm³/mol. The number of nitrogens with zero attached hydrogens (tertiary/aromatic N) is 3.